The Kier molecular flexibility index (Phi) is 2.03. The summed E-state index contributed by atoms with van der Waals surface area (Å²) in [7, 11) is 0. The number of hydrogen-bond donors (Lipinski definition) is 1. The number of hydrogen-bond acceptors (Lipinski definition) is 2. The van der Waals surface area contributed by atoms with Crippen LogP contribution in [0.4, 0.5) is 0 Å². The van der Waals surface area contributed by atoms with Gasteiger partial charge in [0.15, 0.2) is 0 Å². The minimum atomic E-state index is 0.649. The highest BCUT2D eigenvalue weighted by Gasteiger charge is 2.07. The zero-order chi connectivity index (χ0) is 9.26. The lowest BCUT2D eigenvalue weighted by Gasteiger charge is -1.98. The SMILES string of the molecule is N#Cc1c(CBr)ccc2[nH]cnc12. The van der Waals surface area contributed by atoms with Gasteiger partial charge in [-0.05, 0) is 11.6 Å². The molecule has 1 aromatic carbocycles. The van der Waals surface area contributed by atoms with Crippen LogP contribution >= 0.6 is 15.9 Å². The maximum absolute atomic E-state index is 8.94. The normalized spacial score (nSPS) is 10.2. The van der Waals surface area contributed by atoms with Crippen LogP contribution in [0.1, 0.15) is 11.1 Å². The highest BCUT2D eigenvalue weighted by Crippen LogP contribution is 2.20. The second-order valence-corrected chi connectivity index (χ2v) is 3.20. The van der Waals surface area contributed by atoms with Crippen molar-refractivity contribution in [2.45, 2.75) is 5.33 Å². The van der Waals surface area contributed by atoms with Crippen molar-refractivity contribution in [3.8, 4) is 6.07 Å². The number of rotatable bonds is 1. The lowest BCUT2D eigenvalue weighted by atomic mass is 10.1. The van der Waals surface area contributed by atoms with Crippen LogP contribution < -0.4 is 0 Å². The first-order valence-electron chi connectivity index (χ1n) is 3.78. The summed E-state index contributed by atoms with van der Waals surface area (Å²) >= 11 is 3.33. The summed E-state index contributed by atoms with van der Waals surface area (Å²) in [5, 5.41) is 9.62. The molecular formula is C9H6BrN3. The third-order valence-corrected chi connectivity index (χ3v) is 2.54. The van der Waals surface area contributed by atoms with E-state index in [1.165, 1.54) is 0 Å². The average molecular weight is 236 g/mol. The number of alkyl halides is 1. The van der Waals surface area contributed by atoms with E-state index >= 15 is 0 Å². The number of H-pyrrole nitrogens is 1. The molecule has 0 aliphatic heterocycles. The summed E-state index contributed by atoms with van der Waals surface area (Å²) in [6, 6.07) is 6.02. The van der Waals surface area contributed by atoms with E-state index in [1.54, 1.807) is 6.33 Å². The molecule has 2 aromatic rings. The van der Waals surface area contributed by atoms with E-state index < -0.39 is 0 Å². The number of aromatic nitrogens is 2. The molecule has 13 heavy (non-hydrogen) atoms. The zero-order valence-corrected chi connectivity index (χ0v) is 8.30. The molecule has 0 radical (unpaired) electrons. The van der Waals surface area contributed by atoms with Gasteiger partial charge in [0.1, 0.15) is 11.6 Å². The lowest BCUT2D eigenvalue weighted by Crippen LogP contribution is -1.87. The summed E-state index contributed by atoms with van der Waals surface area (Å²) < 4.78 is 0. The molecule has 0 saturated heterocycles. The first-order valence-corrected chi connectivity index (χ1v) is 4.90. The summed E-state index contributed by atoms with van der Waals surface area (Å²) in [6.07, 6.45) is 1.60. The van der Waals surface area contributed by atoms with E-state index in [0.717, 1.165) is 16.6 Å². The van der Waals surface area contributed by atoms with E-state index in [9.17, 15) is 0 Å². The predicted molar refractivity (Wildman–Crippen MR) is 53.4 cm³/mol. The number of benzene rings is 1. The Hall–Kier alpha value is -1.34. The van der Waals surface area contributed by atoms with Gasteiger partial charge in [0, 0.05) is 5.33 Å². The Morgan fingerprint density at radius 2 is 2.38 bits per heavy atom. The fourth-order valence-electron chi connectivity index (χ4n) is 1.29. The van der Waals surface area contributed by atoms with Gasteiger partial charge in [-0.3, -0.25) is 0 Å². The molecule has 0 aliphatic rings. The molecule has 0 aliphatic carbocycles. The molecule has 3 nitrogen and oxygen atoms in total. The zero-order valence-electron chi connectivity index (χ0n) is 6.71. The Bertz CT molecular complexity index is 481. The van der Waals surface area contributed by atoms with Gasteiger partial charge in [-0.2, -0.15) is 5.26 Å². The van der Waals surface area contributed by atoms with Crippen LogP contribution in [0.3, 0.4) is 0 Å². The van der Waals surface area contributed by atoms with Crippen molar-refractivity contribution in [3.63, 3.8) is 0 Å². The van der Waals surface area contributed by atoms with E-state index in [1.807, 2.05) is 12.1 Å². The van der Waals surface area contributed by atoms with Crippen LogP contribution in [0.2, 0.25) is 0 Å². The molecule has 0 bridgehead atoms. The number of nitriles is 1. The topological polar surface area (TPSA) is 52.5 Å². The first kappa shape index (κ1) is 8.27. The molecule has 0 amide bonds. The predicted octanol–water partition coefficient (Wildman–Crippen LogP) is 2.33. The van der Waals surface area contributed by atoms with Gasteiger partial charge >= 0.3 is 0 Å². The molecule has 1 aromatic heterocycles. The van der Waals surface area contributed by atoms with Crippen LogP contribution in [-0.2, 0) is 5.33 Å². The first-order chi connectivity index (χ1) is 6.36. The van der Waals surface area contributed by atoms with E-state index in [2.05, 4.69) is 32.0 Å². The lowest BCUT2D eigenvalue weighted by molar-refractivity contribution is 1.34. The van der Waals surface area contributed by atoms with Gasteiger partial charge < -0.3 is 4.98 Å². The van der Waals surface area contributed by atoms with Crippen LogP contribution in [0, 0.1) is 11.3 Å². The van der Waals surface area contributed by atoms with Gasteiger partial charge in [-0.15, -0.1) is 0 Å². The maximum atomic E-state index is 8.94. The van der Waals surface area contributed by atoms with Crippen molar-refractivity contribution in [1.82, 2.24) is 9.97 Å². The second kappa shape index (κ2) is 3.19. The standard InChI is InChI=1S/C9H6BrN3/c10-3-6-1-2-8-9(7(6)4-11)13-5-12-8/h1-2,5H,3H2,(H,12,13). The number of imidazole rings is 1. The van der Waals surface area contributed by atoms with Gasteiger partial charge in [-0.25, -0.2) is 4.98 Å². The molecule has 0 saturated carbocycles. The second-order valence-electron chi connectivity index (χ2n) is 2.64. The fourth-order valence-corrected chi connectivity index (χ4v) is 1.75. The van der Waals surface area contributed by atoms with Crippen molar-refractivity contribution in [3.05, 3.63) is 29.6 Å². The largest absolute Gasteiger partial charge is 0.345 e. The number of nitrogens with zero attached hydrogens (tertiary/aromatic N) is 2. The van der Waals surface area contributed by atoms with Crippen molar-refractivity contribution in [2.24, 2.45) is 0 Å². The molecule has 0 spiro atoms. The van der Waals surface area contributed by atoms with Crippen LogP contribution in [0.15, 0.2) is 18.5 Å². The fraction of sp³-hybridized carbons (Fsp3) is 0.111. The molecular weight excluding hydrogens is 230 g/mol. The summed E-state index contributed by atoms with van der Waals surface area (Å²) in [6.45, 7) is 0. The number of nitrogens with one attached hydrogen (secondary N) is 1. The number of fused-ring (bicyclic) bond motifs is 1. The minimum Gasteiger partial charge on any atom is -0.345 e. The Morgan fingerprint density at radius 1 is 1.54 bits per heavy atom. The smallest absolute Gasteiger partial charge is 0.106 e. The molecule has 2 rings (SSSR count). The molecule has 0 unspecified atom stereocenters. The van der Waals surface area contributed by atoms with Gasteiger partial charge in [0.25, 0.3) is 0 Å². The molecule has 4 heteroatoms. The number of aromatic amines is 1. The molecule has 1 N–H and O–H groups in total. The molecule has 0 atom stereocenters. The van der Waals surface area contributed by atoms with Gasteiger partial charge in [0.05, 0.1) is 17.4 Å². The van der Waals surface area contributed by atoms with Crippen LogP contribution in [0.25, 0.3) is 11.0 Å². The van der Waals surface area contributed by atoms with Crippen molar-refractivity contribution in [2.75, 3.05) is 0 Å². The van der Waals surface area contributed by atoms with Crippen molar-refractivity contribution in [1.29, 1.82) is 5.26 Å². The van der Waals surface area contributed by atoms with Crippen molar-refractivity contribution < 1.29 is 0 Å². The maximum Gasteiger partial charge on any atom is 0.106 e. The van der Waals surface area contributed by atoms with E-state index in [0.29, 0.717) is 10.9 Å². The molecule has 0 fully saturated rings. The third kappa shape index (κ3) is 1.21. The summed E-state index contributed by atoms with van der Waals surface area (Å²) in [4.78, 5) is 7.07. The van der Waals surface area contributed by atoms with Gasteiger partial charge in [-0.1, -0.05) is 22.0 Å². The quantitative estimate of drug-likeness (QED) is 0.772. The van der Waals surface area contributed by atoms with Gasteiger partial charge in [0.2, 0.25) is 0 Å². The Morgan fingerprint density at radius 3 is 3.08 bits per heavy atom. The number of halogens is 1. The van der Waals surface area contributed by atoms with Crippen LogP contribution in [0.5, 0.6) is 0 Å². The monoisotopic (exact) mass is 235 g/mol. The highest BCUT2D eigenvalue weighted by molar-refractivity contribution is 9.08. The highest BCUT2D eigenvalue weighted by atomic mass is 79.9. The van der Waals surface area contributed by atoms with Crippen molar-refractivity contribution >= 4 is 27.0 Å². The minimum absolute atomic E-state index is 0.649. The summed E-state index contributed by atoms with van der Waals surface area (Å²) in [5.41, 5.74) is 3.28. The third-order valence-electron chi connectivity index (χ3n) is 1.93. The van der Waals surface area contributed by atoms with E-state index in [4.69, 9.17) is 5.26 Å². The van der Waals surface area contributed by atoms with E-state index in [-0.39, 0.29) is 0 Å². The Labute approximate surface area is 83.5 Å². The average Bonchev–Trinajstić information content (AvgIpc) is 2.63. The molecule has 64 valence electrons. The summed E-state index contributed by atoms with van der Waals surface area (Å²) in [5.74, 6) is 0. The molecule has 1 heterocycles. The van der Waals surface area contributed by atoms with Crippen LogP contribution in [-0.4, -0.2) is 9.97 Å². The Balaban J connectivity index is 2.84.